The van der Waals surface area contributed by atoms with E-state index in [0.717, 1.165) is 17.9 Å². The standard InChI is InChI=1S/C45H76O13/c1-2-3-4-5-6-7-9-12-43-15-17-45(18-16-43)58-42-40-56-38-36-54-34-32-52-30-28-50-26-24-48-22-20-46-19-21-47-23-25-49-27-29-51-31-33-53-35-37-55-39-41-57-44-13-10-8-11-14-44/h8,10-11,13-18H,2-7,9,12,19-42H2,1H3. The van der Waals surface area contributed by atoms with Crippen molar-refractivity contribution in [2.24, 2.45) is 0 Å². The molecule has 0 aromatic heterocycles. The quantitative estimate of drug-likeness (QED) is 0.0667. The summed E-state index contributed by atoms with van der Waals surface area (Å²) in [5.74, 6) is 1.73. The first kappa shape index (κ1) is 51.7. The van der Waals surface area contributed by atoms with Crippen LogP contribution in [-0.2, 0) is 58.5 Å². The molecule has 0 spiro atoms. The van der Waals surface area contributed by atoms with Gasteiger partial charge in [0.05, 0.1) is 145 Å². The van der Waals surface area contributed by atoms with Crippen LogP contribution < -0.4 is 9.47 Å². The first-order valence-corrected chi connectivity index (χ1v) is 21.6. The first-order chi connectivity index (χ1) is 28.9. The molecule has 0 N–H and O–H groups in total. The molecule has 0 saturated carbocycles. The van der Waals surface area contributed by atoms with Crippen LogP contribution in [0.5, 0.6) is 11.5 Å². The Morgan fingerprint density at radius 1 is 0.276 bits per heavy atom. The number of aryl methyl sites for hydroxylation is 1. The van der Waals surface area contributed by atoms with Gasteiger partial charge in [0.1, 0.15) is 24.7 Å². The molecule has 13 nitrogen and oxygen atoms in total. The average Bonchev–Trinajstić information content (AvgIpc) is 3.25. The van der Waals surface area contributed by atoms with E-state index in [2.05, 4.69) is 31.2 Å². The third kappa shape index (κ3) is 35.5. The van der Waals surface area contributed by atoms with Gasteiger partial charge in [-0.25, -0.2) is 0 Å². The minimum Gasteiger partial charge on any atom is -0.491 e. The van der Waals surface area contributed by atoms with Crippen LogP contribution in [0.25, 0.3) is 0 Å². The summed E-state index contributed by atoms with van der Waals surface area (Å²) in [5, 5.41) is 0. The lowest BCUT2D eigenvalue weighted by molar-refractivity contribution is -0.0279. The zero-order valence-corrected chi connectivity index (χ0v) is 35.6. The van der Waals surface area contributed by atoms with E-state index in [-0.39, 0.29) is 0 Å². The molecule has 2 rings (SSSR count). The van der Waals surface area contributed by atoms with Crippen molar-refractivity contribution in [2.45, 2.75) is 58.3 Å². The first-order valence-electron chi connectivity index (χ1n) is 21.6. The molecule has 0 aliphatic carbocycles. The van der Waals surface area contributed by atoms with Gasteiger partial charge in [0.2, 0.25) is 0 Å². The maximum atomic E-state index is 5.79. The lowest BCUT2D eigenvalue weighted by Gasteiger charge is -2.09. The van der Waals surface area contributed by atoms with Crippen molar-refractivity contribution < 1.29 is 61.6 Å². The lowest BCUT2D eigenvalue weighted by Crippen LogP contribution is -2.15. The fraction of sp³-hybridized carbons (Fsp3) is 0.733. The highest BCUT2D eigenvalue weighted by Gasteiger charge is 2.00. The summed E-state index contributed by atoms with van der Waals surface area (Å²) < 4.78 is 72.1. The van der Waals surface area contributed by atoms with Gasteiger partial charge in [0.25, 0.3) is 0 Å². The summed E-state index contributed by atoms with van der Waals surface area (Å²) in [6, 6.07) is 18.1. The van der Waals surface area contributed by atoms with E-state index in [0.29, 0.717) is 159 Å². The van der Waals surface area contributed by atoms with Gasteiger partial charge in [-0.15, -0.1) is 0 Å². The van der Waals surface area contributed by atoms with Crippen molar-refractivity contribution in [1.29, 1.82) is 0 Å². The molecule has 13 heteroatoms. The molecule has 0 aliphatic heterocycles. The van der Waals surface area contributed by atoms with Crippen LogP contribution in [0.4, 0.5) is 0 Å². The molecule has 58 heavy (non-hydrogen) atoms. The highest BCUT2D eigenvalue weighted by atomic mass is 16.6. The molecule has 0 amide bonds. The third-order valence-electron chi connectivity index (χ3n) is 8.45. The molecule has 0 bridgehead atoms. The minimum atomic E-state index is 0.507. The monoisotopic (exact) mass is 825 g/mol. The second-order valence-electron chi connectivity index (χ2n) is 13.3. The van der Waals surface area contributed by atoms with E-state index in [9.17, 15) is 0 Å². The van der Waals surface area contributed by atoms with E-state index in [1.807, 2.05) is 30.3 Å². The lowest BCUT2D eigenvalue weighted by atomic mass is 10.0. The van der Waals surface area contributed by atoms with Gasteiger partial charge in [0.15, 0.2) is 0 Å². The van der Waals surface area contributed by atoms with Gasteiger partial charge < -0.3 is 61.6 Å². The van der Waals surface area contributed by atoms with E-state index in [1.165, 1.54) is 50.5 Å². The van der Waals surface area contributed by atoms with E-state index < -0.39 is 0 Å². The molecular weight excluding hydrogens is 748 g/mol. The topological polar surface area (TPSA) is 120 Å². The number of para-hydroxylation sites is 1. The summed E-state index contributed by atoms with van der Waals surface area (Å²) >= 11 is 0. The van der Waals surface area contributed by atoms with E-state index in [4.69, 9.17) is 61.6 Å². The number of hydrogen-bond acceptors (Lipinski definition) is 13. The SMILES string of the molecule is CCCCCCCCCc1ccc(OCCOCCOCCOCCOCCOCCOCCOCCOCCOCCOCCOCCOc2ccccc2)cc1. The summed E-state index contributed by atoms with van der Waals surface area (Å²) in [4.78, 5) is 0. The second kappa shape index (κ2) is 42.7. The average molecular weight is 825 g/mol. The summed E-state index contributed by atoms with van der Waals surface area (Å²) in [7, 11) is 0. The Morgan fingerprint density at radius 2 is 0.552 bits per heavy atom. The summed E-state index contributed by atoms with van der Waals surface area (Å²) in [6.07, 6.45) is 10.5. The van der Waals surface area contributed by atoms with Crippen LogP contribution in [0, 0.1) is 0 Å². The Morgan fingerprint density at radius 3 is 0.879 bits per heavy atom. The maximum Gasteiger partial charge on any atom is 0.119 e. The van der Waals surface area contributed by atoms with Crippen molar-refractivity contribution in [3.05, 3.63) is 60.2 Å². The molecule has 0 unspecified atom stereocenters. The van der Waals surface area contributed by atoms with Gasteiger partial charge in [0, 0.05) is 0 Å². The van der Waals surface area contributed by atoms with Crippen LogP contribution in [-0.4, -0.2) is 159 Å². The van der Waals surface area contributed by atoms with Crippen LogP contribution in [0.1, 0.15) is 57.4 Å². The van der Waals surface area contributed by atoms with Crippen LogP contribution in [0.15, 0.2) is 54.6 Å². The zero-order valence-electron chi connectivity index (χ0n) is 35.6. The number of hydrogen-bond donors (Lipinski definition) is 0. The molecule has 0 heterocycles. The molecule has 0 fully saturated rings. The highest BCUT2D eigenvalue weighted by molar-refractivity contribution is 5.27. The predicted molar refractivity (Wildman–Crippen MR) is 225 cm³/mol. The van der Waals surface area contributed by atoms with Crippen LogP contribution >= 0.6 is 0 Å². The Hall–Kier alpha value is -2.40. The number of unbranched alkanes of at least 4 members (excludes halogenated alkanes) is 6. The molecule has 2 aromatic carbocycles. The van der Waals surface area contributed by atoms with Crippen molar-refractivity contribution >= 4 is 0 Å². The van der Waals surface area contributed by atoms with Crippen molar-refractivity contribution in [3.63, 3.8) is 0 Å². The van der Waals surface area contributed by atoms with Crippen molar-refractivity contribution in [2.75, 3.05) is 159 Å². The maximum absolute atomic E-state index is 5.79. The molecule has 2 aromatic rings. The van der Waals surface area contributed by atoms with Crippen LogP contribution in [0.3, 0.4) is 0 Å². The van der Waals surface area contributed by atoms with E-state index in [1.54, 1.807) is 0 Å². The Balaban J connectivity index is 1.15. The Labute approximate surface area is 349 Å². The van der Waals surface area contributed by atoms with Gasteiger partial charge in [-0.05, 0) is 42.7 Å². The van der Waals surface area contributed by atoms with Gasteiger partial charge >= 0.3 is 0 Å². The van der Waals surface area contributed by atoms with Crippen molar-refractivity contribution in [3.8, 4) is 11.5 Å². The normalized spacial score (nSPS) is 11.4. The molecular formula is C45H76O13. The zero-order chi connectivity index (χ0) is 40.9. The van der Waals surface area contributed by atoms with Crippen LogP contribution in [0.2, 0.25) is 0 Å². The second-order valence-corrected chi connectivity index (χ2v) is 13.3. The molecule has 0 saturated heterocycles. The Kier molecular flexibility index (Phi) is 38.1. The minimum absolute atomic E-state index is 0.507. The van der Waals surface area contributed by atoms with Crippen molar-refractivity contribution in [1.82, 2.24) is 0 Å². The van der Waals surface area contributed by atoms with E-state index >= 15 is 0 Å². The number of benzene rings is 2. The molecule has 334 valence electrons. The number of rotatable bonds is 46. The number of ether oxygens (including phenoxy) is 13. The van der Waals surface area contributed by atoms with Gasteiger partial charge in [-0.2, -0.15) is 0 Å². The predicted octanol–water partition coefficient (Wildman–Crippen LogP) is 6.62. The smallest absolute Gasteiger partial charge is 0.119 e. The van der Waals surface area contributed by atoms with Gasteiger partial charge in [-0.3, -0.25) is 0 Å². The summed E-state index contributed by atoms with van der Waals surface area (Å²) in [6.45, 7) is 14.6. The Bertz CT molecular complexity index is 1080. The molecule has 0 atom stereocenters. The highest BCUT2D eigenvalue weighted by Crippen LogP contribution is 2.15. The largest absolute Gasteiger partial charge is 0.491 e. The molecule has 0 aliphatic rings. The fourth-order valence-electron chi connectivity index (χ4n) is 5.29. The third-order valence-corrected chi connectivity index (χ3v) is 8.45. The van der Waals surface area contributed by atoms with Gasteiger partial charge in [-0.1, -0.05) is 75.8 Å². The fourth-order valence-corrected chi connectivity index (χ4v) is 5.29. The summed E-state index contributed by atoms with van der Waals surface area (Å²) in [5.41, 5.74) is 1.38. The molecule has 0 radical (unpaired) electrons.